The number of aliphatic imine (C=N–C) groups is 1. The Labute approximate surface area is 151 Å². The van der Waals surface area contributed by atoms with Gasteiger partial charge in [-0.05, 0) is 42.3 Å². The molecule has 1 aliphatic heterocycles. The Balaban J connectivity index is 1.75. The summed E-state index contributed by atoms with van der Waals surface area (Å²) in [5, 5.41) is 2.77. The number of hydrogen-bond donors (Lipinski definition) is 1. The number of amidine groups is 1. The second-order valence-corrected chi connectivity index (χ2v) is 5.78. The molecule has 5 nitrogen and oxygen atoms in total. The van der Waals surface area contributed by atoms with Crippen LogP contribution in [0.25, 0.3) is 6.08 Å². The highest BCUT2D eigenvalue weighted by Crippen LogP contribution is 2.27. The normalized spacial score (nSPS) is 15.0. The maximum Gasteiger partial charge on any atom is 0.275 e. The molecule has 26 heavy (non-hydrogen) atoms. The van der Waals surface area contributed by atoms with Crippen molar-refractivity contribution < 1.29 is 18.7 Å². The number of rotatable bonds is 6. The minimum atomic E-state index is -0.265. The highest BCUT2D eigenvalue weighted by molar-refractivity contribution is 6.14. The molecule has 0 spiro atoms. The van der Waals surface area contributed by atoms with Gasteiger partial charge in [-0.15, -0.1) is 0 Å². The van der Waals surface area contributed by atoms with E-state index in [1.54, 1.807) is 44.6 Å². The van der Waals surface area contributed by atoms with Crippen molar-refractivity contribution in [1.82, 2.24) is 5.32 Å². The molecule has 2 aromatic rings. The summed E-state index contributed by atoms with van der Waals surface area (Å²) in [4.78, 5) is 16.5. The van der Waals surface area contributed by atoms with Crippen molar-refractivity contribution in [3.63, 3.8) is 0 Å². The van der Waals surface area contributed by atoms with E-state index in [1.165, 1.54) is 12.1 Å². The van der Waals surface area contributed by atoms with E-state index in [2.05, 4.69) is 10.3 Å². The zero-order chi connectivity index (χ0) is 18.5. The Kier molecular flexibility index (Phi) is 5.31. The minimum absolute atomic E-state index is 0.253. The number of carbonyl (C=O) groups excluding carboxylic acids is 1. The third kappa shape index (κ3) is 4.08. The molecule has 3 rings (SSSR count). The van der Waals surface area contributed by atoms with Gasteiger partial charge in [0.1, 0.15) is 28.8 Å². The number of methoxy groups -OCH3 is 2. The van der Waals surface area contributed by atoms with E-state index >= 15 is 0 Å². The quantitative estimate of drug-likeness (QED) is 0.810. The van der Waals surface area contributed by atoms with Crippen molar-refractivity contribution in [1.29, 1.82) is 0 Å². The molecule has 6 heteroatoms. The minimum Gasteiger partial charge on any atom is -0.497 e. The molecular formula is C20H19FN2O3. The molecule has 0 aliphatic carbocycles. The first-order valence-electron chi connectivity index (χ1n) is 8.16. The van der Waals surface area contributed by atoms with Gasteiger partial charge in [0.2, 0.25) is 0 Å². The number of carbonyl (C=O) groups is 1. The summed E-state index contributed by atoms with van der Waals surface area (Å²) in [5.74, 6) is 1.34. The Bertz CT molecular complexity index is 873. The van der Waals surface area contributed by atoms with Gasteiger partial charge in [0.15, 0.2) is 0 Å². The lowest BCUT2D eigenvalue weighted by atomic mass is 10.1. The summed E-state index contributed by atoms with van der Waals surface area (Å²) >= 11 is 0. The van der Waals surface area contributed by atoms with Gasteiger partial charge in [-0.25, -0.2) is 9.38 Å². The molecule has 0 bridgehead atoms. The molecule has 2 aromatic carbocycles. The first-order valence-corrected chi connectivity index (χ1v) is 8.16. The van der Waals surface area contributed by atoms with Gasteiger partial charge in [0, 0.05) is 18.1 Å². The number of nitrogens with zero attached hydrogens (tertiary/aromatic N) is 1. The third-order valence-electron chi connectivity index (χ3n) is 4.04. The van der Waals surface area contributed by atoms with Crippen LogP contribution in [0, 0.1) is 5.82 Å². The highest BCUT2D eigenvalue weighted by Gasteiger charge is 2.20. The SMILES string of the molecule is COc1ccc(/C=C2/N=C(CCc3ccc(F)cc3)NC2=O)c(OC)c1. The smallest absolute Gasteiger partial charge is 0.275 e. The van der Waals surface area contributed by atoms with Crippen molar-refractivity contribution in [2.24, 2.45) is 4.99 Å². The van der Waals surface area contributed by atoms with Gasteiger partial charge in [0.25, 0.3) is 5.91 Å². The molecule has 0 saturated carbocycles. The van der Waals surface area contributed by atoms with Gasteiger partial charge in [-0.2, -0.15) is 0 Å². The number of aryl methyl sites for hydroxylation is 1. The molecule has 0 atom stereocenters. The number of amides is 1. The van der Waals surface area contributed by atoms with Crippen molar-refractivity contribution in [3.8, 4) is 11.5 Å². The average Bonchev–Trinajstić information content (AvgIpc) is 3.01. The first-order chi connectivity index (χ1) is 12.6. The van der Waals surface area contributed by atoms with E-state index in [1.807, 2.05) is 6.07 Å². The first kappa shape index (κ1) is 17.7. The molecule has 1 N–H and O–H groups in total. The van der Waals surface area contributed by atoms with E-state index in [0.717, 1.165) is 11.1 Å². The highest BCUT2D eigenvalue weighted by atomic mass is 19.1. The van der Waals surface area contributed by atoms with Crippen LogP contribution in [0.15, 0.2) is 53.2 Å². The van der Waals surface area contributed by atoms with Gasteiger partial charge in [-0.3, -0.25) is 4.79 Å². The summed E-state index contributed by atoms with van der Waals surface area (Å²) in [6, 6.07) is 11.7. The van der Waals surface area contributed by atoms with Crippen LogP contribution >= 0.6 is 0 Å². The van der Waals surface area contributed by atoms with E-state index in [9.17, 15) is 9.18 Å². The summed E-state index contributed by atoms with van der Waals surface area (Å²) in [6.45, 7) is 0. The predicted molar refractivity (Wildman–Crippen MR) is 97.8 cm³/mol. The third-order valence-corrected chi connectivity index (χ3v) is 4.04. The van der Waals surface area contributed by atoms with Crippen LogP contribution in [0.5, 0.6) is 11.5 Å². The van der Waals surface area contributed by atoms with Gasteiger partial charge in [0.05, 0.1) is 14.2 Å². The lowest BCUT2D eigenvalue weighted by Gasteiger charge is -2.07. The number of halogens is 1. The van der Waals surface area contributed by atoms with Crippen molar-refractivity contribution in [2.45, 2.75) is 12.8 Å². The lowest BCUT2D eigenvalue weighted by Crippen LogP contribution is -2.24. The summed E-state index contributed by atoms with van der Waals surface area (Å²) in [7, 11) is 3.14. The number of hydrogen-bond acceptors (Lipinski definition) is 4. The zero-order valence-electron chi connectivity index (χ0n) is 14.6. The standard InChI is InChI=1S/C20H19FN2O3/c1-25-16-9-6-14(18(12-16)26-2)11-17-20(24)23-19(22-17)10-5-13-3-7-15(21)8-4-13/h3-4,6-9,11-12H,5,10H2,1-2H3,(H,22,23,24)/b17-11+. The van der Waals surface area contributed by atoms with E-state index < -0.39 is 0 Å². The fourth-order valence-electron chi connectivity index (χ4n) is 2.63. The van der Waals surface area contributed by atoms with Gasteiger partial charge >= 0.3 is 0 Å². The molecule has 0 unspecified atom stereocenters. The topological polar surface area (TPSA) is 59.9 Å². The molecule has 134 valence electrons. The Hall–Kier alpha value is -3.15. The van der Waals surface area contributed by atoms with Crippen LogP contribution in [0.1, 0.15) is 17.5 Å². The summed E-state index contributed by atoms with van der Waals surface area (Å²) < 4.78 is 23.5. The number of nitrogens with one attached hydrogen (secondary N) is 1. The van der Waals surface area contributed by atoms with Crippen molar-refractivity contribution >= 4 is 17.8 Å². The van der Waals surface area contributed by atoms with Crippen molar-refractivity contribution in [2.75, 3.05) is 14.2 Å². The second-order valence-electron chi connectivity index (χ2n) is 5.78. The average molecular weight is 354 g/mol. The van der Waals surface area contributed by atoms with E-state index in [4.69, 9.17) is 9.47 Å². The van der Waals surface area contributed by atoms with Crippen LogP contribution in [0.4, 0.5) is 4.39 Å². The van der Waals surface area contributed by atoms with Gasteiger partial charge < -0.3 is 14.8 Å². The number of benzene rings is 2. The molecule has 0 saturated heterocycles. The maximum atomic E-state index is 12.9. The largest absolute Gasteiger partial charge is 0.497 e. The molecule has 0 aromatic heterocycles. The van der Waals surface area contributed by atoms with E-state index in [-0.39, 0.29) is 11.7 Å². The van der Waals surface area contributed by atoms with Crippen LogP contribution in [-0.2, 0) is 11.2 Å². The molecule has 0 radical (unpaired) electrons. The maximum absolute atomic E-state index is 12.9. The second kappa shape index (κ2) is 7.82. The molecule has 1 heterocycles. The van der Waals surface area contributed by atoms with Crippen molar-refractivity contribution in [3.05, 3.63) is 65.1 Å². The predicted octanol–water partition coefficient (Wildman–Crippen LogP) is 3.34. The molecule has 1 aliphatic rings. The lowest BCUT2D eigenvalue weighted by molar-refractivity contribution is -0.115. The summed E-state index contributed by atoms with van der Waals surface area (Å²) in [5.41, 5.74) is 2.04. The fraction of sp³-hybridized carbons (Fsp3) is 0.200. The van der Waals surface area contributed by atoms with Crippen LogP contribution in [0.2, 0.25) is 0 Å². The monoisotopic (exact) mass is 354 g/mol. The van der Waals surface area contributed by atoms with E-state index in [0.29, 0.717) is 35.9 Å². The fourth-order valence-corrected chi connectivity index (χ4v) is 2.63. The molecule has 0 fully saturated rings. The van der Waals surface area contributed by atoms with Gasteiger partial charge in [-0.1, -0.05) is 12.1 Å². The summed E-state index contributed by atoms with van der Waals surface area (Å²) in [6.07, 6.45) is 2.91. The Morgan fingerprint density at radius 1 is 1.08 bits per heavy atom. The molecular weight excluding hydrogens is 335 g/mol. The number of ether oxygens (including phenoxy) is 2. The van der Waals surface area contributed by atoms with Crippen LogP contribution in [0.3, 0.4) is 0 Å². The zero-order valence-corrected chi connectivity index (χ0v) is 14.6. The Morgan fingerprint density at radius 2 is 1.85 bits per heavy atom. The molecule has 1 amide bonds. The Morgan fingerprint density at radius 3 is 2.54 bits per heavy atom. The van der Waals surface area contributed by atoms with Crippen LogP contribution in [-0.4, -0.2) is 26.0 Å². The van der Waals surface area contributed by atoms with Crippen LogP contribution < -0.4 is 14.8 Å².